The van der Waals surface area contributed by atoms with Crippen LogP contribution in [0.1, 0.15) is 17.1 Å². The van der Waals surface area contributed by atoms with E-state index >= 15 is 0 Å². The summed E-state index contributed by atoms with van der Waals surface area (Å²) in [4.78, 5) is 26.2. The van der Waals surface area contributed by atoms with Crippen LogP contribution in [0.2, 0.25) is 0 Å². The molecule has 1 heterocycles. The van der Waals surface area contributed by atoms with E-state index in [1.54, 1.807) is 0 Å². The summed E-state index contributed by atoms with van der Waals surface area (Å²) in [5.74, 6) is -0.965. The number of hydrogen-bond donors (Lipinski definition) is 3. The quantitative estimate of drug-likeness (QED) is 0.686. The fourth-order valence-electron chi connectivity index (χ4n) is 1.34. The van der Waals surface area contributed by atoms with Crippen molar-refractivity contribution in [2.24, 2.45) is 0 Å². The van der Waals surface area contributed by atoms with E-state index < -0.39 is 12.1 Å². The number of methoxy groups -OCH3 is 1. The van der Waals surface area contributed by atoms with Crippen LogP contribution in [-0.2, 0) is 16.1 Å². The van der Waals surface area contributed by atoms with Crippen LogP contribution < -0.4 is 10.6 Å². The number of aromatic nitrogens is 1. The molecule has 0 aliphatic carbocycles. The molecule has 1 aromatic rings. The molecule has 2 amide bonds. The number of carboxylic acid groups (broad SMARTS) is 1. The number of rotatable bonds is 7. The van der Waals surface area contributed by atoms with Crippen molar-refractivity contribution >= 4 is 23.3 Å². The maximum absolute atomic E-state index is 11.5. The highest BCUT2D eigenvalue weighted by Crippen LogP contribution is 2.07. The predicted octanol–water partition coefficient (Wildman–Crippen LogP) is 0.740. The Bertz CT molecular complexity index is 435. The van der Waals surface area contributed by atoms with Gasteiger partial charge in [0.2, 0.25) is 0 Å². The molecule has 0 radical (unpaired) electrons. The van der Waals surface area contributed by atoms with Gasteiger partial charge in [-0.2, -0.15) is 0 Å². The van der Waals surface area contributed by atoms with Crippen molar-refractivity contribution in [3.05, 3.63) is 16.1 Å². The van der Waals surface area contributed by atoms with Gasteiger partial charge in [0.05, 0.1) is 19.1 Å². The molecule has 1 atom stereocenters. The fourth-order valence-corrected chi connectivity index (χ4v) is 2.05. The minimum atomic E-state index is -0.965. The Kier molecular flexibility index (Phi) is 6.23. The number of nitrogens with zero attached hydrogens (tertiary/aromatic N) is 1. The molecule has 0 aromatic carbocycles. The molecule has 1 unspecified atom stereocenters. The molecule has 8 heteroatoms. The Morgan fingerprint density at radius 3 is 2.79 bits per heavy atom. The third-order valence-corrected chi connectivity index (χ3v) is 3.26. The average molecular weight is 287 g/mol. The Morgan fingerprint density at radius 1 is 1.53 bits per heavy atom. The predicted molar refractivity (Wildman–Crippen MR) is 70.1 cm³/mol. The maximum atomic E-state index is 11.5. The summed E-state index contributed by atoms with van der Waals surface area (Å²) in [6.45, 7) is 2.38. The van der Waals surface area contributed by atoms with Crippen LogP contribution in [0.25, 0.3) is 0 Å². The largest absolute Gasteiger partial charge is 0.481 e. The average Bonchev–Trinajstić information content (AvgIpc) is 2.77. The normalized spacial score (nSPS) is 11.9. The van der Waals surface area contributed by atoms with E-state index in [0.717, 1.165) is 10.7 Å². The molecule has 0 aliphatic rings. The van der Waals surface area contributed by atoms with Crippen molar-refractivity contribution in [2.75, 3.05) is 13.7 Å². The SMILES string of the molecule is COC(CNC(=O)NCc1nc(C)cs1)CC(=O)O. The van der Waals surface area contributed by atoms with Crippen LogP contribution in [0.5, 0.6) is 0 Å². The highest BCUT2D eigenvalue weighted by Gasteiger charge is 2.13. The molecule has 1 aromatic heterocycles. The Morgan fingerprint density at radius 2 is 2.26 bits per heavy atom. The van der Waals surface area contributed by atoms with E-state index in [-0.39, 0.29) is 19.0 Å². The van der Waals surface area contributed by atoms with Gasteiger partial charge >= 0.3 is 12.0 Å². The zero-order chi connectivity index (χ0) is 14.3. The molecule has 0 saturated carbocycles. The van der Waals surface area contributed by atoms with Gasteiger partial charge in [0, 0.05) is 24.7 Å². The van der Waals surface area contributed by atoms with Gasteiger partial charge in [-0.3, -0.25) is 4.79 Å². The van der Waals surface area contributed by atoms with Crippen molar-refractivity contribution in [3.8, 4) is 0 Å². The maximum Gasteiger partial charge on any atom is 0.315 e. The minimum absolute atomic E-state index is 0.144. The molecule has 0 fully saturated rings. The third-order valence-electron chi connectivity index (χ3n) is 2.29. The number of aryl methyl sites for hydroxylation is 1. The first-order chi connectivity index (χ1) is 9.01. The molecule has 7 nitrogen and oxygen atoms in total. The fraction of sp³-hybridized carbons (Fsp3) is 0.545. The minimum Gasteiger partial charge on any atom is -0.481 e. The summed E-state index contributed by atoms with van der Waals surface area (Å²) in [5, 5.41) is 16.5. The van der Waals surface area contributed by atoms with Crippen LogP contribution in [0.3, 0.4) is 0 Å². The first-order valence-electron chi connectivity index (χ1n) is 5.68. The summed E-state index contributed by atoms with van der Waals surface area (Å²) in [7, 11) is 1.41. The zero-order valence-corrected chi connectivity index (χ0v) is 11.6. The number of carbonyl (C=O) groups excluding carboxylic acids is 1. The summed E-state index contributed by atoms with van der Waals surface area (Å²) >= 11 is 1.47. The Labute approximate surface area is 115 Å². The second-order valence-corrected chi connectivity index (χ2v) is 4.84. The van der Waals surface area contributed by atoms with E-state index in [4.69, 9.17) is 9.84 Å². The van der Waals surface area contributed by atoms with Crippen LogP contribution >= 0.6 is 11.3 Å². The molecule has 106 valence electrons. The lowest BCUT2D eigenvalue weighted by Crippen LogP contribution is -2.40. The highest BCUT2D eigenvalue weighted by atomic mass is 32.1. The lowest BCUT2D eigenvalue weighted by atomic mass is 10.2. The van der Waals surface area contributed by atoms with Gasteiger partial charge < -0.3 is 20.5 Å². The van der Waals surface area contributed by atoms with E-state index in [1.807, 2.05) is 12.3 Å². The number of carboxylic acids is 1. The van der Waals surface area contributed by atoms with Crippen LogP contribution in [0.4, 0.5) is 4.79 Å². The second-order valence-electron chi connectivity index (χ2n) is 3.90. The zero-order valence-electron chi connectivity index (χ0n) is 10.8. The van der Waals surface area contributed by atoms with E-state index in [9.17, 15) is 9.59 Å². The van der Waals surface area contributed by atoms with Gasteiger partial charge in [-0.25, -0.2) is 9.78 Å². The molecule has 3 N–H and O–H groups in total. The van der Waals surface area contributed by atoms with Gasteiger partial charge in [0.15, 0.2) is 0 Å². The number of urea groups is 1. The number of nitrogens with one attached hydrogen (secondary N) is 2. The molecule has 0 aliphatic heterocycles. The van der Waals surface area contributed by atoms with Gasteiger partial charge in [0.25, 0.3) is 0 Å². The number of amides is 2. The second kappa shape index (κ2) is 7.70. The van der Waals surface area contributed by atoms with Crippen molar-refractivity contribution in [3.63, 3.8) is 0 Å². The van der Waals surface area contributed by atoms with Crippen LogP contribution in [0.15, 0.2) is 5.38 Å². The summed E-state index contributed by atoms with van der Waals surface area (Å²) < 4.78 is 4.94. The lowest BCUT2D eigenvalue weighted by molar-refractivity contribution is -0.139. The first kappa shape index (κ1) is 15.4. The van der Waals surface area contributed by atoms with Crippen LogP contribution in [-0.4, -0.2) is 41.8 Å². The summed E-state index contributed by atoms with van der Waals surface area (Å²) in [6, 6.07) is -0.375. The summed E-state index contributed by atoms with van der Waals surface area (Å²) in [5.41, 5.74) is 0.920. The van der Waals surface area contributed by atoms with Gasteiger partial charge in [0.1, 0.15) is 5.01 Å². The molecule has 0 saturated heterocycles. The van der Waals surface area contributed by atoms with E-state index in [2.05, 4.69) is 15.6 Å². The van der Waals surface area contributed by atoms with Gasteiger partial charge in [-0.15, -0.1) is 11.3 Å². The molecule has 0 bridgehead atoms. The molecular formula is C11H17N3O4S. The number of aliphatic carboxylic acids is 1. The molecule has 1 rings (SSSR count). The number of ether oxygens (including phenoxy) is 1. The topological polar surface area (TPSA) is 101 Å². The number of carbonyl (C=O) groups is 2. The van der Waals surface area contributed by atoms with E-state index in [0.29, 0.717) is 6.54 Å². The molecular weight excluding hydrogens is 270 g/mol. The molecule has 19 heavy (non-hydrogen) atoms. The third kappa shape index (κ3) is 6.16. The Balaban J connectivity index is 2.25. The molecule has 0 spiro atoms. The van der Waals surface area contributed by atoms with Crippen LogP contribution in [0, 0.1) is 6.92 Å². The van der Waals surface area contributed by atoms with Gasteiger partial charge in [-0.1, -0.05) is 0 Å². The number of thiazole rings is 1. The smallest absolute Gasteiger partial charge is 0.315 e. The van der Waals surface area contributed by atoms with Crippen molar-refractivity contribution in [2.45, 2.75) is 26.0 Å². The standard InChI is InChI=1S/C11H17N3O4S/c1-7-6-19-9(14-7)5-13-11(17)12-4-8(18-2)3-10(15)16/h6,8H,3-5H2,1-2H3,(H,15,16)(H2,12,13,17). The van der Waals surface area contributed by atoms with E-state index in [1.165, 1.54) is 18.4 Å². The van der Waals surface area contributed by atoms with Crippen molar-refractivity contribution < 1.29 is 19.4 Å². The Hall–Kier alpha value is -1.67. The highest BCUT2D eigenvalue weighted by molar-refractivity contribution is 7.09. The monoisotopic (exact) mass is 287 g/mol. The van der Waals surface area contributed by atoms with Gasteiger partial charge in [-0.05, 0) is 6.92 Å². The first-order valence-corrected chi connectivity index (χ1v) is 6.56. The van der Waals surface area contributed by atoms with Crippen molar-refractivity contribution in [1.29, 1.82) is 0 Å². The van der Waals surface area contributed by atoms with Crippen molar-refractivity contribution in [1.82, 2.24) is 15.6 Å². The number of hydrogen-bond acceptors (Lipinski definition) is 5. The summed E-state index contributed by atoms with van der Waals surface area (Å²) in [6.07, 6.45) is -0.687. The lowest BCUT2D eigenvalue weighted by Gasteiger charge is -2.14.